The van der Waals surface area contributed by atoms with Crippen molar-refractivity contribution in [3.05, 3.63) is 53.7 Å². The second-order valence-electron chi connectivity index (χ2n) is 5.77. The minimum Gasteiger partial charge on any atom is -0.306 e. The summed E-state index contributed by atoms with van der Waals surface area (Å²) in [6, 6.07) is 10.3. The third kappa shape index (κ3) is 3.41. The van der Waals surface area contributed by atoms with Crippen molar-refractivity contribution < 1.29 is 13.2 Å². The van der Waals surface area contributed by atoms with Crippen molar-refractivity contribution in [3.8, 4) is 0 Å². The fourth-order valence-electron chi connectivity index (χ4n) is 2.68. The number of aryl methyl sites for hydroxylation is 1. The lowest BCUT2D eigenvalue weighted by Crippen LogP contribution is -2.37. The van der Waals surface area contributed by atoms with Gasteiger partial charge in [-0.25, -0.2) is 13.4 Å². The van der Waals surface area contributed by atoms with Crippen molar-refractivity contribution in [1.29, 1.82) is 0 Å². The van der Waals surface area contributed by atoms with Gasteiger partial charge in [0.05, 0.1) is 11.4 Å². The number of hydrogen-bond acceptors (Lipinski definition) is 4. The SMILES string of the molecule is Cc1cccnc1NC(=O)c1cccc(N2CCCCS2(=O)=O)c1. The van der Waals surface area contributed by atoms with Crippen molar-refractivity contribution in [1.82, 2.24) is 4.98 Å². The lowest BCUT2D eigenvalue weighted by Gasteiger charge is -2.28. The first-order valence-electron chi connectivity index (χ1n) is 7.81. The van der Waals surface area contributed by atoms with Crippen LogP contribution in [-0.4, -0.2) is 31.6 Å². The zero-order chi connectivity index (χ0) is 17.2. The molecule has 1 aromatic carbocycles. The van der Waals surface area contributed by atoms with Crippen LogP contribution in [0, 0.1) is 6.92 Å². The molecule has 1 aromatic heterocycles. The van der Waals surface area contributed by atoms with Gasteiger partial charge in [0, 0.05) is 18.3 Å². The molecule has 1 saturated heterocycles. The van der Waals surface area contributed by atoms with Gasteiger partial charge in [-0.05, 0) is 49.6 Å². The zero-order valence-electron chi connectivity index (χ0n) is 13.4. The Morgan fingerprint density at radius 2 is 2.04 bits per heavy atom. The summed E-state index contributed by atoms with van der Waals surface area (Å²) in [5.41, 5.74) is 1.79. The molecule has 1 N–H and O–H groups in total. The number of anilines is 2. The topological polar surface area (TPSA) is 79.4 Å². The Kier molecular flexibility index (Phi) is 4.53. The minimum absolute atomic E-state index is 0.149. The number of nitrogens with one attached hydrogen (secondary N) is 1. The largest absolute Gasteiger partial charge is 0.306 e. The highest BCUT2D eigenvalue weighted by Crippen LogP contribution is 2.24. The van der Waals surface area contributed by atoms with Gasteiger partial charge in [-0.1, -0.05) is 12.1 Å². The molecule has 0 saturated carbocycles. The molecule has 126 valence electrons. The van der Waals surface area contributed by atoms with Gasteiger partial charge in [0.15, 0.2) is 0 Å². The predicted molar refractivity (Wildman–Crippen MR) is 93.7 cm³/mol. The van der Waals surface area contributed by atoms with Gasteiger partial charge in [0.2, 0.25) is 10.0 Å². The van der Waals surface area contributed by atoms with E-state index in [0.29, 0.717) is 30.0 Å². The summed E-state index contributed by atoms with van der Waals surface area (Å²) in [7, 11) is -3.30. The number of benzene rings is 1. The van der Waals surface area contributed by atoms with E-state index in [1.807, 2.05) is 13.0 Å². The number of pyridine rings is 1. The van der Waals surface area contributed by atoms with E-state index in [9.17, 15) is 13.2 Å². The number of nitrogens with zero attached hydrogens (tertiary/aromatic N) is 2. The Balaban J connectivity index is 1.85. The van der Waals surface area contributed by atoms with E-state index in [1.54, 1.807) is 36.5 Å². The van der Waals surface area contributed by atoms with E-state index in [0.717, 1.165) is 12.0 Å². The second-order valence-corrected chi connectivity index (χ2v) is 7.78. The van der Waals surface area contributed by atoms with E-state index in [1.165, 1.54) is 4.31 Å². The van der Waals surface area contributed by atoms with Crippen molar-refractivity contribution in [2.45, 2.75) is 19.8 Å². The molecular formula is C17H19N3O3S. The van der Waals surface area contributed by atoms with E-state index < -0.39 is 10.0 Å². The molecular weight excluding hydrogens is 326 g/mol. The average Bonchev–Trinajstić information content (AvgIpc) is 2.56. The van der Waals surface area contributed by atoms with Gasteiger partial charge >= 0.3 is 0 Å². The third-order valence-electron chi connectivity index (χ3n) is 3.99. The van der Waals surface area contributed by atoms with Crippen LogP contribution in [0.15, 0.2) is 42.6 Å². The van der Waals surface area contributed by atoms with Gasteiger partial charge in [-0.2, -0.15) is 0 Å². The summed E-state index contributed by atoms with van der Waals surface area (Å²) < 4.78 is 25.8. The standard InChI is InChI=1S/C17H19N3O3S/c1-13-6-5-9-18-16(13)19-17(21)14-7-4-8-15(12-14)20-10-2-3-11-24(20,22)23/h4-9,12H,2-3,10-11H2,1H3,(H,18,19,21). The molecule has 3 rings (SSSR count). The van der Waals surface area contributed by atoms with Crippen LogP contribution in [0.5, 0.6) is 0 Å². The highest BCUT2D eigenvalue weighted by atomic mass is 32.2. The summed E-state index contributed by atoms with van der Waals surface area (Å²) in [5.74, 6) is 0.336. The minimum atomic E-state index is -3.30. The predicted octanol–water partition coefficient (Wildman–Crippen LogP) is 2.57. The van der Waals surface area contributed by atoms with Crippen LogP contribution in [0.2, 0.25) is 0 Å². The molecule has 0 atom stereocenters. The van der Waals surface area contributed by atoms with Crippen molar-refractivity contribution in [2.24, 2.45) is 0 Å². The lowest BCUT2D eigenvalue weighted by molar-refractivity contribution is 0.102. The summed E-state index contributed by atoms with van der Waals surface area (Å²) >= 11 is 0. The number of hydrogen-bond donors (Lipinski definition) is 1. The summed E-state index contributed by atoms with van der Waals surface area (Å²) in [4.78, 5) is 16.6. The molecule has 0 unspecified atom stereocenters. The second kappa shape index (κ2) is 6.60. The van der Waals surface area contributed by atoms with Crippen molar-refractivity contribution in [2.75, 3.05) is 21.9 Å². The van der Waals surface area contributed by atoms with Crippen LogP contribution in [0.25, 0.3) is 0 Å². The molecule has 0 aliphatic carbocycles. The highest BCUT2D eigenvalue weighted by molar-refractivity contribution is 7.92. The summed E-state index contributed by atoms with van der Waals surface area (Å²) in [6.45, 7) is 2.31. The molecule has 0 spiro atoms. The van der Waals surface area contributed by atoms with Gasteiger partial charge in [0.1, 0.15) is 5.82 Å². The number of carbonyl (C=O) groups excluding carboxylic acids is 1. The number of amides is 1. The molecule has 24 heavy (non-hydrogen) atoms. The molecule has 0 radical (unpaired) electrons. The van der Waals surface area contributed by atoms with Crippen molar-refractivity contribution in [3.63, 3.8) is 0 Å². The van der Waals surface area contributed by atoms with Gasteiger partial charge < -0.3 is 5.32 Å². The van der Waals surface area contributed by atoms with E-state index in [2.05, 4.69) is 10.3 Å². The lowest BCUT2D eigenvalue weighted by atomic mass is 10.1. The third-order valence-corrected chi connectivity index (χ3v) is 5.86. The normalized spacial score (nSPS) is 16.6. The number of sulfonamides is 1. The van der Waals surface area contributed by atoms with E-state index in [-0.39, 0.29) is 11.7 Å². The van der Waals surface area contributed by atoms with Crippen LogP contribution >= 0.6 is 0 Å². The molecule has 1 aliphatic rings. The fourth-order valence-corrected chi connectivity index (χ4v) is 4.31. The van der Waals surface area contributed by atoms with Gasteiger partial charge in [-0.15, -0.1) is 0 Å². The maximum absolute atomic E-state index is 12.4. The average molecular weight is 345 g/mol. The molecule has 2 heterocycles. The highest BCUT2D eigenvalue weighted by Gasteiger charge is 2.26. The maximum Gasteiger partial charge on any atom is 0.256 e. The Bertz CT molecular complexity index is 865. The van der Waals surface area contributed by atoms with Crippen LogP contribution in [-0.2, 0) is 10.0 Å². The van der Waals surface area contributed by atoms with E-state index in [4.69, 9.17) is 0 Å². The van der Waals surface area contributed by atoms with Crippen LogP contribution in [0.4, 0.5) is 11.5 Å². The number of carbonyl (C=O) groups is 1. The molecule has 1 fully saturated rings. The smallest absolute Gasteiger partial charge is 0.256 e. The molecule has 1 aliphatic heterocycles. The van der Waals surface area contributed by atoms with Gasteiger partial charge in [0.25, 0.3) is 5.91 Å². The molecule has 0 bridgehead atoms. The van der Waals surface area contributed by atoms with Crippen LogP contribution in [0.1, 0.15) is 28.8 Å². The first kappa shape index (κ1) is 16.4. The van der Waals surface area contributed by atoms with E-state index >= 15 is 0 Å². The molecule has 2 aromatic rings. The number of rotatable bonds is 3. The van der Waals surface area contributed by atoms with Crippen LogP contribution < -0.4 is 9.62 Å². The molecule has 1 amide bonds. The molecule has 6 nitrogen and oxygen atoms in total. The number of aromatic nitrogens is 1. The fraction of sp³-hybridized carbons (Fsp3) is 0.294. The monoisotopic (exact) mass is 345 g/mol. The Hall–Kier alpha value is -2.41. The maximum atomic E-state index is 12.4. The Morgan fingerprint density at radius 1 is 1.21 bits per heavy atom. The quantitative estimate of drug-likeness (QED) is 0.927. The van der Waals surface area contributed by atoms with Crippen molar-refractivity contribution >= 4 is 27.4 Å². The molecule has 7 heteroatoms. The van der Waals surface area contributed by atoms with Crippen LogP contribution in [0.3, 0.4) is 0 Å². The Morgan fingerprint density at radius 3 is 2.79 bits per heavy atom. The Labute approximate surface area is 141 Å². The summed E-state index contributed by atoms with van der Waals surface area (Å²) in [5, 5.41) is 2.76. The summed E-state index contributed by atoms with van der Waals surface area (Å²) in [6.07, 6.45) is 3.11. The first-order chi connectivity index (χ1) is 11.5. The van der Waals surface area contributed by atoms with Gasteiger partial charge in [-0.3, -0.25) is 9.10 Å². The first-order valence-corrected chi connectivity index (χ1v) is 9.42. The zero-order valence-corrected chi connectivity index (χ0v) is 14.2.